The highest BCUT2D eigenvalue weighted by Gasteiger charge is 2.30. The first-order valence-corrected chi connectivity index (χ1v) is 14.0. The van der Waals surface area contributed by atoms with E-state index in [1.807, 2.05) is 24.3 Å². The topological polar surface area (TPSA) is 47.6 Å². The number of hydrogen-bond acceptors (Lipinski definition) is 2. The quantitative estimate of drug-likeness (QED) is 0.228. The van der Waals surface area contributed by atoms with Crippen LogP contribution >= 0.6 is 0 Å². The van der Waals surface area contributed by atoms with Crippen molar-refractivity contribution in [2.24, 2.45) is 0 Å². The van der Waals surface area contributed by atoms with Crippen LogP contribution in [0.5, 0.6) is 0 Å². The number of benzene rings is 7. The van der Waals surface area contributed by atoms with Crippen LogP contribution in [-0.4, -0.2) is 0 Å². The summed E-state index contributed by atoms with van der Waals surface area (Å²) in [7, 11) is 0. The van der Waals surface area contributed by atoms with Gasteiger partial charge in [-0.2, -0.15) is 10.5 Å². The van der Waals surface area contributed by atoms with Gasteiger partial charge in [-0.05, 0) is 108 Å². The molecule has 0 bridgehead atoms. The number of nitriles is 2. The SMILES string of the molecule is N#Cc1ccc(-c2cc(-c3cccc4ccccc34)c(-c3ccc(C#N)cc3)c3c2-c2cccc4cccc-3c24)cc1. The van der Waals surface area contributed by atoms with Crippen LogP contribution in [0.2, 0.25) is 0 Å². The molecule has 42 heavy (non-hydrogen) atoms. The fourth-order valence-electron chi connectivity index (χ4n) is 6.63. The van der Waals surface area contributed by atoms with Gasteiger partial charge in [0.05, 0.1) is 23.3 Å². The molecule has 7 aromatic rings. The standard InChI is InChI=1S/C40H22N2/c41-23-25-14-18-28(19-15-25)35-22-36(32-11-3-7-27-6-1-2-10-31(27)32)38(30-20-16-26(24-42)17-21-30)40-34-13-5-9-29-8-4-12-33(37(29)34)39(35)40/h1-22H. The number of rotatable bonds is 3. The van der Waals surface area contributed by atoms with Crippen LogP contribution in [0.1, 0.15) is 11.1 Å². The summed E-state index contributed by atoms with van der Waals surface area (Å²) < 4.78 is 0. The van der Waals surface area contributed by atoms with Crippen molar-refractivity contribution in [3.05, 3.63) is 145 Å². The van der Waals surface area contributed by atoms with Gasteiger partial charge in [-0.3, -0.25) is 0 Å². The van der Waals surface area contributed by atoms with Crippen molar-refractivity contribution in [2.45, 2.75) is 0 Å². The molecule has 8 rings (SSSR count). The highest BCUT2D eigenvalue weighted by Crippen LogP contribution is 2.57. The third kappa shape index (κ3) is 3.50. The van der Waals surface area contributed by atoms with Gasteiger partial charge in [-0.1, -0.05) is 103 Å². The first kappa shape index (κ1) is 23.9. The van der Waals surface area contributed by atoms with Gasteiger partial charge in [0.2, 0.25) is 0 Å². The molecule has 0 saturated heterocycles. The number of nitrogens with zero attached hydrogens (tertiary/aromatic N) is 2. The number of hydrogen-bond donors (Lipinski definition) is 0. The predicted octanol–water partition coefficient (Wildman–Crippen LogP) is 10.4. The Morgan fingerprint density at radius 3 is 1.60 bits per heavy atom. The Morgan fingerprint density at radius 1 is 0.381 bits per heavy atom. The monoisotopic (exact) mass is 530 g/mol. The molecule has 1 aliphatic rings. The van der Waals surface area contributed by atoms with Crippen molar-refractivity contribution >= 4 is 21.5 Å². The molecule has 0 fully saturated rings. The summed E-state index contributed by atoms with van der Waals surface area (Å²) in [6.45, 7) is 0. The zero-order chi connectivity index (χ0) is 28.2. The van der Waals surface area contributed by atoms with Crippen LogP contribution in [0.15, 0.2) is 133 Å². The third-order valence-electron chi connectivity index (χ3n) is 8.48. The predicted molar refractivity (Wildman–Crippen MR) is 172 cm³/mol. The van der Waals surface area contributed by atoms with Gasteiger partial charge in [0.1, 0.15) is 0 Å². The molecule has 0 aromatic heterocycles. The third-order valence-corrected chi connectivity index (χ3v) is 8.48. The van der Waals surface area contributed by atoms with E-state index in [2.05, 4.69) is 121 Å². The summed E-state index contributed by atoms with van der Waals surface area (Å²) in [5.41, 5.74) is 12.9. The summed E-state index contributed by atoms with van der Waals surface area (Å²) in [5, 5.41) is 23.9. The Hall–Kier alpha value is -5.96. The average Bonchev–Trinajstić information content (AvgIpc) is 3.40. The molecule has 0 amide bonds. The molecular formula is C40H22N2. The second-order valence-corrected chi connectivity index (χ2v) is 10.7. The van der Waals surface area contributed by atoms with E-state index in [0.717, 1.165) is 33.4 Å². The molecule has 0 radical (unpaired) electrons. The maximum Gasteiger partial charge on any atom is 0.0991 e. The molecule has 0 saturated carbocycles. The summed E-state index contributed by atoms with van der Waals surface area (Å²) in [6.07, 6.45) is 0. The van der Waals surface area contributed by atoms with E-state index in [0.29, 0.717) is 11.1 Å². The van der Waals surface area contributed by atoms with Gasteiger partial charge in [-0.25, -0.2) is 0 Å². The van der Waals surface area contributed by atoms with E-state index in [-0.39, 0.29) is 0 Å². The van der Waals surface area contributed by atoms with Crippen LogP contribution in [0.3, 0.4) is 0 Å². The minimum Gasteiger partial charge on any atom is -0.192 e. The molecule has 7 aromatic carbocycles. The van der Waals surface area contributed by atoms with E-state index >= 15 is 0 Å². The fraction of sp³-hybridized carbons (Fsp3) is 0. The second kappa shape index (κ2) is 9.31. The largest absolute Gasteiger partial charge is 0.192 e. The molecule has 0 spiro atoms. The Labute approximate surface area is 244 Å². The van der Waals surface area contributed by atoms with Crippen LogP contribution in [-0.2, 0) is 0 Å². The van der Waals surface area contributed by atoms with Crippen LogP contribution in [0.25, 0.3) is 77.2 Å². The molecule has 0 atom stereocenters. The summed E-state index contributed by atoms with van der Waals surface area (Å²) in [5.74, 6) is 0. The number of fused-ring (bicyclic) bond motifs is 4. The molecule has 192 valence electrons. The highest BCUT2D eigenvalue weighted by atomic mass is 14.3. The van der Waals surface area contributed by atoms with Crippen molar-refractivity contribution in [3.8, 4) is 67.8 Å². The van der Waals surface area contributed by atoms with Crippen molar-refractivity contribution in [1.82, 2.24) is 0 Å². The van der Waals surface area contributed by atoms with Gasteiger partial charge in [0.15, 0.2) is 0 Å². The van der Waals surface area contributed by atoms with E-state index < -0.39 is 0 Å². The summed E-state index contributed by atoms with van der Waals surface area (Å²) in [6, 6.07) is 50.9. The van der Waals surface area contributed by atoms with Crippen LogP contribution in [0.4, 0.5) is 0 Å². The van der Waals surface area contributed by atoms with E-state index in [9.17, 15) is 10.5 Å². The lowest BCUT2D eigenvalue weighted by Crippen LogP contribution is -1.95. The van der Waals surface area contributed by atoms with Crippen molar-refractivity contribution < 1.29 is 0 Å². The average molecular weight is 531 g/mol. The van der Waals surface area contributed by atoms with Crippen molar-refractivity contribution in [3.63, 3.8) is 0 Å². The van der Waals surface area contributed by atoms with Gasteiger partial charge < -0.3 is 0 Å². The maximum atomic E-state index is 9.55. The lowest BCUT2D eigenvalue weighted by Gasteiger charge is -2.21. The fourth-order valence-corrected chi connectivity index (χ4v) is 6.63. The Bertz CT molecular complexity index is 2280. The second-order valence-electron chi connectivity index (χ2n) is 10.7. The molecule has 2 heteroatoms. The zero-order valence-electron chi connectivity index (χ0n) is 22.6. The van der Waals surface area contributed by atoms with E-state index in [1.54, 1.807) is 0 Å². The van der Waals surface area contributed by atoms with Gasteiger partial charge in [0, 0.05) is 0 Å². The van der Waals surface area contributed by atoms with Crippen molar-refractivity contribution in [1.29, 1.82) is 10.5 Å². The Kier molecular flexibility index (Phi) is 5.29. The Morgan fingerprint density at radius 2 is 0.929 bits per heavy atom. The normalized spacial score (nSPS) is 11.3. The van der Waals surface area contributed by atoms with Gasteiger partial charge in [-0.15, -0.1) is 0 Å². The lowest BCUT2D eigenvalue weighted by atomic mass is 9.81. The van der Waals surface area contributed by atoms with Gasteiger partial charge in [0.25, 0.3) is 0 Å². The van der Waals surface area contributed by atoms with Crippen LogP contribution < -0.4 is 0 Å². The highest BCUT2D eigenvalue weighted by molar-refractivity contribution is 6.23. The molecule has 0 heterocycles. The molecule has 0 N–H and O–H groups in total. The smallest absolute Gasteiger partial charge is 0.0991 e. The molecule has 0 unspecified atom stereocenters. The minimum absolute atomic E-state index is 0.640. The molecule has 0 aliphatic heterocycles. The van der Waals surface area contributed by atoms with E-state index in [1.165, 1.54) is 43.8 Å². The minimum atomic E-state index is 0.640. The molecule has 1 aliphatic carbocycles. The zero-order valence-corrected chi connectivity index (χ0v) is 22.6. The summed E-state index contributed by atoms with van der Waals surface area (Å²) >= 11 is 0. The van der Waals surface area contributed by atoms with Gasteiger partial charge >= 0.3 is 0 Å². The lowest BCUT2D eigenvalue weighted by molar-refractivity contribution is 1.48. The molecular weight excluding hydrogens is 508 g/mol. The maximum absolute atomic E-state index is 9.55. The van der Waals surface area contributed by atoms with E-state index in [4.69, 9.17) is 0 Å². The summed E-state index contributed by atoms with van der Waals surface area (Å²) in [4.78, 5) is 0. The van der Waals surface area contributed by atoms with Crippen molar-refractivity contribution in [2.75, 3.05) is 0 Å². The van der Waals surface area contributed by atoms with Crippen LogP contribution in [0, 0.1) is 22.7 Å². The molecule has 2 nitrogen and oxygen atoms in total. The Balaban J connectivity index is 1.58. The first-order chi connectivity index (χ1) is 20.7. The first-order valence-electron chi connectivity index (χ1n) is 14.0.